The zero-order valence-electron chi connectivity index (χ0n) is 6.83. The maximum Gasteiger partial charge on any atom is 0.258 e. The van der Waals surface area contributed by atoms with Gasteiger partial charge in [-0.1, -0.05) is 18.7 Å². The summed E-state index contributed by atoms with van der Waals surface area (Å²) in [7, 11) is 0. The molecule has 13 heavy (non-hydrogen) atoms. The third kappa shape index (κ3) is 1.05. The molecule has 0 aliphatic carbocycles. The molecule has 0 bridgehead atoms. The van der Waals surface area contributed by atoms with Crippen LogP contribution in [0.15, 0.2) is 24.8 Å². The third-order valence-electron chi connectivity index (χ3n) is 2.00. The van der Waals surface area contributed by atoms with Crippen LogP contribution in [0.2, 0.25) is 0 Å². The van der Waals surface area contributed by atoms with Crippen molar-refractivity contribution in [2.24, 2.45) is 0 Å². The molecular weight excluding hydrogens is 166 g/mol. The van der Waals surface area contributed by atoms with E-state index in [0.717, 1.165) is 5.56 Å². The monoisotopic (exact) mass is 173 g/mol. The summed E-state index contributed by atoms with van der Waals surface area (Å²) in [5, 5.41) is 2.22. The van der Waals surface area contributed by atoms with Crippen LogP contribution in [0.4, 0.5) is 0 Å². The normalized spacial score (nSPS) is 13.8. The fourth-order valence-electron chi connectivity index (χ4n) is 1.31. The summed E-state index contributed by atoms with van der Waals surface area (Å²) in [5.74, 6) is -0.653. The van der Waals surface area contributed by atoms with E-state index in [1.807, 2.05) is 0 Å². The van der Waals surface area contributed by atoms with E-state index in [9.17, 15) is 9.59 Å². The van der Waals surface area contributed by atoms with Gasteiger partial charge in [-0.3, -0.25) is 14.9 Å². The van der Waals surface area contributed by atoms with Gasteiger partial charge in [-0.25, -0.2) is 0 Å². The smallest absolute Gasteiger partial charge is 0.258 e. The Morgan fingerprint density at radius 1 is 1.15 bits per heavy atom. The van der Waals surface area contributed by atoms with Crippen LogP contribution in [0, 0.1) is 0 Å². The van der Waals surface area contributed by atoms with Gasteiger partial charge in [0.05, 0.1) is 11.1 Å². The molecule has 0 unspecified atom stereocenters. The Morgan fingerprint density at radius 3 is 2.54 bits per heavy atom. The van der Waals surface area contributed by atoms with Crippen LogP contribution in [0.5, 0.6) is 0 Å². The number of amides is 2. The summed E-state index contributed by atoms with van der Waals surface area (Å²) in [6.07, 6.45) is 1.64. The minimum atomic E-state index is -0.330. The van der Waals surface area contributed by atoms with Crippen molar-refractivity contribution in [3.05, 3.63) is 41.5 Å². The molecule has 1 N–H and O–H groups in total. The van der Waals surface area contributed by atoms with Crippen molar-refractivity contribution in [2.45, 2.75) is 0 Å². The van der Waals surface area contributed by atoms with Crippen molar-refractivity contribution >= 4 is 17.9 Å². The predicted molar refractivity (Wildman–Crippen MR) is 48.3 cm³/mol. The number of carbonyl (C=O) groups excluding carboxylic acids is 2. The topological polar surface area (TPSA) is 46.2 Å². The van der Waals surface area contributed by atoms with E-state index in [4.69, 9.17) is 0 Å². The van der Waals surface area contributed by atoms with Crippen molar-refractivity contribution in [3.8, 4) is 0 Å². The number of imide groups is 1. The molecule has 0 aromatic heterocycles. The molecule has 2 amide bonds. The molecule has 3 nitrogen and oxygen atoms in total. The Labute approximate surface area is 75.1 Å². The molecule has 2 rings (SSSR count). The van der Waals surface area contributed by atoms with E-state index in [-0.39, 0.29) is 11.8 Å². The Kier molecular flexibility index (Phi) is 1.52. The van der Waals surface area contributed by atoms with Gasteiger partial charge in [0.1, 0.15) is 0 Å². The highest BCUT2D eigenvalue weighted by atomic mass is 16.2. The van der Waals surface area contributed by atoms with Crippen LogP contribution >= 0.6 is 0 Å². The van der Waals surface area contributed by atoms with E-state index in [2.05, 4.69) is 11.9 Å². The number of rotatable bonds is 1. The number of fused-ring (bicyclic) bond motifs is 1. The number of benzene rings is 1. The fourth-order valence-corrected chi connectivity index (χ4v) is 1.31. The first-order chi connectivity index (χ1) is 6.22. The van der Waals surface area contributed by atoms with Crippen LogP contribution in [0.3, 0.4) is 0 Å². The molecule has 64 valence electrons. The molecule has 1 aliphatic rings. The van der Waals surface area contributed by atoms with Crippen molar-refractivity contribution in [2.75, 3.05) is 0 Å². The van der Waals surface area contributed by atoms with Crippen LogP contribution in [0.25, 0.3) is 6.08 Å². The van der Waals surface area contributed by atoms with Crippen molar-refractivity contribution in [3.63, 3.8) is 0 Å². The second-order valence-electron chi connectivity index (χ2n) is 2.79. The Morgan fingerprint density at radius 2 is 1.85 bits per heavy atom. The lowest BCUT2D eigenvalue weighted by Crippen LogP contribution is -2.19. The largest absolute Gasteiger partial charge is 0.288 e. The van der Waals surface area contributed by atoms with E-state index >= 15 is 0 Å². The molecule has 0 radical (unpaired) electrons. The van der Waals surface area contributed by atoms with Gasteiger partial charge in [-0.05, 0) is 17.7 Å². The van der Waals surface area contributed by atoms with Gasteiger partial charge >= 0.3 is 0 Å². The van der Waals surface area contributed by atoms with Gasteiger partial charge in [0.25, 0.3) is 11.8 Å². The number of hydrogen-bond acceptors (Lipinski definition) is 2. The molecule has 0 spiro atoms. The Hall–Kier alpha value is -1.90. The molecule has 1 heterocycles. The zero-order valence-corrected chi connectivity index (χ0v) is 6.83. The molecule has 1 aromatic rings. The first-order valence-corrected chi connectivity index (χ1v) is 3.84. The van der Waals surface area contributed by atoms with Crippen LogP contribution in [0.1, 0.15) is 26.3 Å². The van der Waals surface area contributed by atoms with Crippen LogP contribution in [-0.2, 0) is 0 Å². The first kappa shape index (κ1) is 7.73. The van der Waals surface area contributed by atoms with Crippen molar-refractivity contribution in [1.29, 1.82) is 0 Å². The summed E-state index contributed by atoms with van der Waals surface area (Å²) in [4.78, 5) is 22.3. The summed E-state index contributed by atoms with van der Waals surface area (Å²) in [5.41, 5.74) is 1.71. The van der Waals surface area contributed by atoms with E-state index in [1.54, 1.807) is 24.3 Å². The summed E-state index contributed by atoms with van der Waals surface area (Å²) in [6, 6.07) is 5.04. The van der Waals surface area contributed by atoms with E-state index in [1.165, 1.54) is 0 Å². The number of nitrogens with one attached hydrogen (secondary N) is 1. The molecule has 1 aromatic carbocycles. The van der Waals surface area contributed by atoms with Gasteiger partial charge in [-0.2, -0.15) is 0 Å². The minimum Gasteiger partial charge on any atom is -0.288 e. The molecule has 0 fully saturated rings. The molecule has 0 saturated carbocycles. The van der Waals surface area contributed by atoms with Gasteiger partial charge < -0.3 is 0 Å². The SMILES string of the molecule is C=Cc1ccc2c(c1)C(=O)NC2=O. The standard InChI is InChI=1S/C10H7NO2/c1-2-6-3-4-7-8(5-6)10(13)11-9(7)12/h2-5H,1H2,(H,11,12,13). The second-order valence-corrected chi connectivity index (χ2v) is 2.79. The highest BCUT2D eigenvalue weighted by Crippen LogP contribution is 2.17. The third-order valence-corrected chi connectivity index (χ3v) is 2.00. The lowest BCUT2D eigenvalue weighted by Gasteiger charge is -1.95. The Bertz CT molecular complexity index is 421. The first-order valence-electron chi connectivity index (χ1n) is 3.84. The minimum absolute atomic E-state index is 0.324. The average molecular weight is 173 g/mol. The lowest BCUT2D eigenvalue weighted by molar-refractivity contribution is 0.0879. The molecule has 3 heteroatoms. The average Bonchev–Trinajstić information content (AvgIpc) is 2.42. The molecular formula is C10H7NO2. The molecule has 1 aliphatic heterocycles. The summed E-state index contributed by atoms with van der Waals surface area (Å²) < 4.78 is 0. The maximum absolute atomic E-state index is 11.2. The maximum atomic E-state index is 11.2. The van der Waals surface area contributed by atoms with Gasteiger partial charge in [0, 0.05) is 0 Å². The highest BCUT2D eigenvalue weighted by molar-refractivity contribution is 6.21. The highest BCUT2D eigenvalue weighted by Gasteiger charge is 2.25. The summed E-state index contributed by atoms with van der Waals surface area (Å²) >= 11 is 0. The zero-order chi connectivity index (χ0) is 9.42. The number of hydrogen-bond donors (Lipinski definition) is 1. The van der Waals surface area contributed by atoms with Gasteiger partial charge in [-0.15, -0.1) is 0 Å². The quantitative estimate of drug-likeness (QED) is 0.649. The number of carbonyl (C=O) groups is 2. The molecule has 0 saturated heterocycles. The van der Waals surface area contributed by atoms with Crippen LogP contribution < -0.4 is 5.32 Å². The molecule has 0 atom stereocenters. The van der Waals surface area contributed by atoms with Crippen molar-refractivity contribution in [1.82, 2.24) is 5.32 Å². The van der Waals surface area contributed by atoms with Gasteiger partial charge in [0.2, 0.25) is 0 Å². The predicted octanol–water partition coefficient (Wildman–Crippen LogP) is 1.21. The van der Waals surface area contributed by atoms with E-state index < -0.39 is 0 Å². The van der Waals surface area contributed by atoms with E-state index in [0.29, 0.717) is 11.1 Å². The van der Waals surface area contributed by atoms with Gasteiger partial charge in [0.15, 0.2) is 0 Å². The lowest BCUT2D eigenvalue weighted by atomic mass is 10.1. The second kappa shape index (κ2) is 2.55. The Balaban J connectivity index is 2.64. The summed E-state index contributed by atoms with van der Waals surface area (Å²) in [6.45, 7) is 3.58. The van der Waals surface area contributed by atoms with Crippen molar-refractivity contribution < 1.29 is 9.59 Å². The fraction of sp³-hybridized carbons (Fsp3) is 0. The van der Waals surface area contributed by atoms with Crippen LogP contribution in [-0.4, -0.2) is 11.8 Å².